The highest BCUT2D eigenvalue weighted by atomic mass is 32.2. The van der Waals surface area contributed by atoms with E-state index in [4.69, 9.17) is 5.11 Å². The molecule has 0 bridgehead atoms. The molecule has 0 saturated carbocycles. The van der Waals surface area contributed by atoms with Gasteiger partial charge in [0.25, 0.3) is 0 Å². The van der Waals surface area contributed by atoms with Crippen LogP contribution in [0.3, 0.4) is 0 Å². The Hall–Kier alpha value is -0.590. The molecule has 0 aliphatic carbocycles. The van der Waals surface area contributed by atoms with Crippen molar-refractivity contribution in [1.29, 1.82) is 0 Å². The van der Waals surface area contributed by atoms with Gasteiger partial charge in [-0.1, -0.05) is 18.7 Å². The fourth-order valence-corrected chi connectivity index (χ4v) is 1.99. The Morgan fingerprint density at radius 1 is 1.53 bits per heavy atom. The number of hydrogen-bond acceptors (Lipinski definition) is 5. The van der Waals surface area contributed by atoms with Crippen molar-refractivity contribution >= 4 is 11.8 Å². The summed E-state index contributed by atoms with van der Waals surface area (Å²) >= 11 is 1.63. The van der Waals surface area contributed by atoms with Crippen LogP contribution in [-0.2, 0) is 13.6 Å². The van der Waals surface area contributed by atoms with Crippen LogP contribution >= 0.6 is 11.8 Å². The van der Waals surface area contributed by atoms with E-state index in [-0.39, 0.29) is 6.61 Å². The van der Waals surface area contributed by atoms with Gasteiger partial charge in [-0.15, -0.1) is 10.2 Å². The number of nitrogens with zero attached hydrogens (tertiary/aromatic N) is 3. The van der Waals surface area contributed by atoms with E-state index < -0.39 is 0 Å². The van der Waals surface area contributed by atoms with Gasteiger partial charge >= 0.3 is 0 Å². The number of nitrogens with one attached hydrogen (secondary N) is 1. The summed E-state index contributed by atoms with van der Waals surface area (Å²) in [4.78, 5) is 0. The molecule has 6 heteroatoms. The van der Waals surface area contributed by atoms with Gasteiger partial charge in [0.15, 0.2) is 5.16 Å². The van der Waals surface area contributed by atoms with Crippen molar-refractivity contribution in [2.75, 3.05) is 19.4 Å². The largest absolute Gasteiger partial charge is 0.396 e. The van der Waals surface area contributed by atoms with Gasteiger partial charge in [-0.25, -0.2) is 0 Å². The van der Waals surface area contributed by atoms with Gasteiger partial charge in [0, 0.05) is 19.4 Å². The second-order valence-electron chi connectivity index (χ2n) is 3.59. The third kappa shape index (κ3) is 3.48. The van der Waals surface area contributed by atoms with E-state index in [0.717, 1.165) is 23.3 Å². The van der Waals surface area contributed by atoms with E-state index in [2.05, 4.69) is 15.5 Å². The lowest BCUT2D eigenvalue weighted by atomic mass is 10.2. The topological polar surface area (TPSA) is 63.0 Å². The Morgan fingerprint density at radius 3 is 2.87 bits per heavy atom. The minimum Gasteiger partial charge on any atom is -0.396 e. The first-order chi connectivity index (χ1) is 7.19. The molecule has 86 valence electrons. The van der Waals surface area contributed by atoms with Crippen LogP contribution in [0.1, 0.15) is 12.7 Å². The van der Waals surface area contributed by atoms with Crippen LogP contribution in [0.4, 0.5) is 0 Å². The van der Waals surface area contributed by atoms with E-state index in [1.165, 1.54) is 0 Å². The van der Waals surface area contributed by atoms with Gasteiger partial charge in [-0.05, 0) is 13.0 Å². The maximum absolute atomic E-state index is 8.91. The van der Waals surface area contributed by atoms with Gasteiger partial charge in [0.05, 0.1) is 6.54 Å². The van der Waals surface area contributed by atoms with Crippen molar-refractivity contribution in [3.8, 4) is 0 Å². The summed E-state index contributed by atoms with van der Waals surface area (Å²) in [6.07, 6.45) is 0. The number of rotatable bonds is 6. The first kappa shape index (κ1) is 12.5. The van der Waals surface area contributed by atoms with Crippen LogP contribution in [0.15, 0.2) is 5.16 Å². The maximum Gasteiger partial charge on any atom is 0.190 e. The molecule has 0 spiro atoms. The fraction of sp³-hybridized carbons (Fsp3) is 0.778. The average Bonchev–Trinajstić information content (AvgIpc) is 2.58. The van der Waals surface area contributed by atoms with Gasteiger partial charge in [0.2, 0.25) is 0 Å². The Balaban J connectivity index is 2.54. The zero-order valence-corrected chi connectivity index (χ0v) is 10.2. The number of aromatic nitrogens is 3. The van der Waals surface area contributed by atoms with Crippen LogP contribution in [0.25, 0.3) is 0 Å². The van der Waals surface area contributed by atoms with Crippen molar-refractivity contribution in [3.05, 3.63) is 5.82 Å². The number of aliphatic hydroxyl groups is 1. The van der Waals surface area contributed by atoms with Crippen LogP contribution in [0.5, 0.6) is 0 Å². The summed E-state index contributed by atoms with van der Waals surface area (Å²) < 4.78 is 1.98. The molecule has 1 heterocycles. The molecule has 0 aromatic carbocycles. The third-order valence-corrected chi connectivity index (χ3v) is 3.42. The molecule has 0 aliphatic rings. The summed E-state index contributed by atoms with van der Waals surface area (Å²) in [6, 6.07) is 0. The predicted molar refractivity (Wildman–Crippen MR) is 60.7 cm³/mol. The van der Waals surface area contributed by atoms with Gasteiger partial charge < -0.3 is 15.0 Å². The molecule has 2 N–H and O–H groups in total. The average molecular weight is 230 g/mol. The molecule has 0 radical (unpaired) electrons. The standard InChI is InChI=1S/C9H18N4OS/c1-7(5-14)6-15-9-12-11-8(4-10-2)13(9)3/h7,10,14H,4-6H2,1-3H3/t7-/m0/s1. The van der Waals surface area contributed by atoms with Crippen molar-refractivity contribution < 1.29 is 5.11 Å². The van der Waals surface area contributed by atoms with E-state index >= 15 is 0 Å². The zero-order chi connectivity index (χ0) is 11.3. The lowest BCUT2D eigenvalue weighted by Gasteiger charge is -2.06. The molecule has 0 aliphatic heterocycles. The van der Waals surface area contributed by atoms with Gasteiger partial charge in [-0.2, -0.15) is 0 Å². The van der Waals surface area contributed by atoms with Crippen LogP contribution in [0, 0.1) is 5.92 Å². The van der Waals surface area contributed by atoms with Crippen molar-refractivity contribution in [1.82, 2.24) is 20.1 Å². The lowest BCUT2D eigenvalue weighted by molar-refractivity contribution is 0.250. The number of aliphatic hydroxyl groups excluding tert-OH is 1. The molecule has 0 fully saturated rings. The quantitative estimate of drug-likeness (QED) is 0.686. The highest BCUT2D eigenvalue weighted by Crippen LogP contribution is 2.18. The predicted octanol–water partition coefficient (Wildman–Crippen LogP) is 0.255. The van der Waals surface area contributed by atoms with Crippen molar-refractivity contribution in [3.63, 3.8) is 0 Å². The number of thioether (sulfide) groups is 1. The van der Waals surface area contributed by atoms with Crippen LogP contribution in [0.2, 0.25) is 0 Å². The molecular weight excluding hydrogens is 212 g/mol. The normalized spacial score (nSPS) is 13.1. The van der Waals surface area contributed by atoms with Crippen molar-refractivity contribution in [2.45, 2.75) is 18.6 Å². The first-order valence-electron chi connectivity index (χ1n) is 4.95. The monoisotopic (exact) mass is 230 g/mol. The molecule has 0 saturated heterocycles. The third-order valence-electron chi connectivity index (χ3n) is 2.07. The molecule has 15 heavy (non-hydrogen) atoms. The summed E-state index contributed by atoms with van der Waals surface area (Å²) in [6.45, 7) is 2.95. The minimum atomic E-state index is 0.216. The van der Waals surface area contributed by atoms with E-state index in [1.54, 1.807) is 11.8 Å². The molecule has 0 unspecified atom stereocenters. The summed E-state index contributed by atoms with van der Waals surface area (Å²) in [5, 5.41) is 21.0. The minimum absolute atomic E-state index is 0.216. The molecule has 1 aromatic heterocycles. The van der Waals surface area contributed by atoms with Gasteiger partial charge in [-0.3, -0.25) is 0 Å². The highest BCUT2D eigenvalue weighted by molar-refractivity contribution is 7.99. The van der Waals surface area contributed by atoms with Gasteiger partial charge in [0.1, 0.15) is 5.82 Å². The highest BCUT2D eigenvalue weighted by Gasteiger charge is 2.09. The second-order valence-corrected chi connectivity index (χ2v) is 4.57. The maximum atomic E-state index is 8.91. The molecule has 1 aromatic rings. The van der Waals surface area contributed by atoms with E-state index in [0.29, 0.717) is 5.92 Å². The Labute approximate surface area is 94.3 Å². The Bertz CT molecular complexity index is 302. The molecular formula is C9H18N4OS. The van der Waals surface area contributed by atoms with Crippen LogP contribution < -0.4 is 5.32 Å². The number of hydrogen-bond donors (Lipinski definition) is 2. The lowest BCUT2D eigenvalue weighted by Crippen LogP contribution is -2.11. The molecule has 0 amide bonds. The SMILES string of the molecule is CNCc1nnc(SC[C@@H](C)CO)n1C. The van der Waals surface area contributed by atoms with Crippen LogP contribution in [-0.4, -0.2) is 39.3 Å². The second kappa shape index (κ2) is 6.09. The van der Waals surface area contributed by atoms with Crippen molar-refractivity contribution in [2.24, 2.45) is 13.0 Å². The fourth-order valence-electron chi connectivity index (χ4n) is 1.05. The smallest absolute Gasteiger partial charge is 0.190 e. The Morgan fingerprint density at radius 2 is 2.27 bits per heavy atom. The van der Waals surface area contributed by atoms with E-state index in [9.17, 15) is 0 Å². The summed E-state index contributed by atoms with van der Waals surface area (Å²) in [5.74, 6) is 2.08. The zero-order valence-electron chi connectivity index (χ0n) is 9.40. The molecule has 5 nitrogen and oxygen atoms in total. The molecule has 1 atom stereocenters. The summed E-state index contributed by atoms with van der Waals surface area (Å²) in [7, 11) is 3.84. The first-order valence-corrected chi connectivity index (χ1v) is 5.94. The Kier molecular flexibility index (Phi) is 5.07. The van der Waals surface area contributed by atoms with E-state index in [1.807, 2.05) is 25.6 Å². The molecule has 1 rings (SSSR count). The summed E-state index contributed by atoms with van der Waals surface area (Å²) in [5.41, 5.74) is 0.